The van der Waals surface area contributed by atoms with Gasteiger partial charge in [-0.15, -0.1) is 12.4 Å². The van der Waals surface area contributed by atoms with Crippen LogP contribution in [0.1, 0.15) is 22.0 Å². The Bertz CT molecular complexity index is 617. The minimum Gasteiger partial charge on any atom is -0.496 e. The van der Waals surface area contributed by atoms with Crippen molar-refractivity contribution in [3.05, 3.63) is 65.7 Å². The lowest BCUT2D eigenvalue weighted by Gasteiger charge is -2.22. The van der Waals surface area contributed by atoms with Gasteiger partial charge in [-0.1, -0.05) is 42.5 Å². The van der Waals surface area contributed by atoms with Gasteiger partial charge < -0.3 is 14.4 Å². The number of carbonyl (C=O) groups is 1. The molecule has 1 unspecified atom stereocenters. The zero-order valence-corrected chi connectivity index (χ0v) is 14.4. The van der Waals surface area contributed by atoms with Crippen LogP contribution >= 0.6 is 12.4 Å². The van der Waals surface area contributed by atoms with Gasteiger partial charge in [0.1, 0.15) is 17.4 Å². The van der Waals surface area contributed by atoms with Gasteiger partial charge in [-0.3, -0.25) is 0 Å². The van der Waals surface area contributed by atoms with Crippen LogP contribution in [0.3, 0.4) is 0 Å². The van der Waals surface area contributed by atoms with Crippen LogP contribution in [-0.2, 0) is 4.74 Å². The van der Waals surface area contributed by atoms with E-state index in [0.29, 0.717) is 17.9 Å². The molecule has 0 saturated heterocycles. The number of likely N-dealkylation sites (N-methyl/N-ethyl adjacent to an activating group) is 1. The molecule has 0 fully saturated rings. The summed E-state index contributed by atoms with van der Waals surface area (Å²) in [5.74, 6) is 0.136. The molecule has 2 rings (SSSR count). The molecule has 2 aromatic rings. The molecule has 0 heterocycles. The Morgan fingerprint density at radius 3 is 2.26 bits per heavy atom. The van der Waals surface area contributed by atoms with Crippen molar-refractivity contribution < 1.29 is 14.3 Å². The van der Waals surface area contributed by atoms with E-state index >= 15 is 0 Å². The molecule has 5 heteroatoms. The van der Waals surface area contributed by atoms with Crippen molar-refractivity contribution in [2.75, 3.05) is 27.7 Å². The average molecular weight is 336 g/mol. The number of esters is 1. The van der Waals surface area contributed by atoms with E-state index in [0.717, 1.165) is 5.56 Å². The van der Waals surface area contributed by atoms with Gasteiger partial charge in [-0.05, 0) is 31.8 Å². The highest BCUT2D eigenvalue weighted by atomic mass is 35.5. The minimum absolute atomic E-state index is 0. The fourth-order valence-corrected chi connectivity index (χ4v) is 2.22. The first-order valence-electron chi connectivity index (χ1n) is 7.15. The summed E-state index contributed by atoms with van der Waals surface area (Å²) in [6.45, 7) is 0.616. The molecule has 0 radical (unpaired) electrons. The number of halogens is 1. The first-order valence-corrected chi connectivity index (χ1v) is 7.15. The third kappa shape index (κ3) is 5.27. The van der Waals surface area contributed by atoms with Crippen molar-refractivity contribution in [2.45, 2.75) is 6.10 Å². The molecule has 0 amide bonds. The lowest BCUT2D eigenvalue weighted by molar-refractivity contribution is 0.0233. The number of rotatable bonds is 6. The highest BCUT2D eigenvalue weighted by molar-refractivity contribution is 5.92. The van der Waals surface area contributed by atoms with E-state index in [1.807, 2.05) is 55.4 Å². The second-order valence-corrected chi connectivity index (χ2v) is 5.27. The van der Waals surface area contributed by atoms with E-state index in [1.165, 1.54) is 0 Å². The fraction of sp³-hybridized carbons (Fsp3) is 0.278. The van der Waals surface area contributed by atoms with Crippen molar-refractivity contribution in [3.63, 3.8) is 0 Å². The maximum Gasteiger partial charge on any atom is 0.342 e. The number of carbonyl (C=O) groups excluding carboxylic acids is 1. The lowest BCUT2D eigenvalue weighted by atomic mass is 10.1. The van der Waals surface area contributed by atoms with Gasteiger partial charge in [0, 0.05) is 6.54 Å². The van der Waals surface area contributed by atoms with Crippen LogP contribution in [0.15, 0.2) is 54.6 Å². The van der Waals surface area contributed by atoms with Crippen LogP contribution in [0.5, 0.6) is 5.75 Å². The zero-order valence-electron chi connectivity index (χ0n) is 13.6. The number of para-hydroxylation sites is 1. The van der Waals surface area contributed by atoms with Crippen LogP contribution in [-0.4, -0.2) is 38.6 Å². The SMILES string of the molecule is COc1ccccc1C(=O)OC(CN(C)C)c1ccccc1.Cl. The molecular weight excluding hydrogens is 314 g/mol. The largest absolute Gasteiger partial charge is 0.496 e. The number of ether oxygens (including phenoxy) is 2. The summed E-state index contributed by atoms with van der Waals surface area (Å²) in [5.41, 5.74) is 1.41. The molecule has 4 nitrogen and oxygen atoms in total. The molecule has 0 aromatic heterocycles. The monoisotopic (exact) mass is 335 g/mol. The first-order chi connectivity index (χ1) is 10.6. The highest BCUT2D eigenvalue weighted by Crippen LogP contribution is 2.24. The molecule has 2 aromatic carbocycles. The summed E-state index contributed by atoms with van der Waals surface area (Å²) in [7, 11) is 5.44. The Morgan fingerprint density at radius 1 is 1.04 bits per heavy atom. The second-order valence-electron chi connectivity index (χ2n) is 5.27. The van der Waals surface area contributed by atoms with Gasteiger partial charge >= 0.3 is 5.97 Å². The maximum atomic E-state index is 12.5. The number of methoxy groups -OCH3 is 1. The molecular formula is C18H22ClNO3. The van der Waals surface area contributed by atoms with Crippen molar-refractivity contribution in [2.24, 2.45) is 0 Å². The summed E-state index contributed by atoms with van der Waals surface area (Å²) in [5, 5.41) is 0. The number of nitrogens with zero attached hydrogens (tertiary/aromatic N) is 1. The van der Waals surface area contributed by atoms with Crippen molar-refractivity contribution >= 4 is 18.4 Å². The predicted molar refractivity (Wildman–Crippen MR) is 93.4 cm³/mol. The van der Waals surface area contributed by atoms with Gasteiger partial charge in [0.15, 0.2) is 0 Å². The van der Waals surface area contributed by atoms with E-state index in [4.69, 9.17) is 9.47 Å². The summed E-state index contributed by atoms with van der Waals surface area (Å²) >= 11 is 0. The molecule has 0 saturated carbocycles. The standard InChI is InChI=1S/C18H21NO3.ClH/c1-19(2)13-17(14-9-5-4-6-10-14)22-18(20)15-11-7-8-12-16(15)21-3;/h4-12,17H,13H2,1-3H3;1H. The van der Waals surface area contributed by atoms with E-state index in [9.17, 15) is 4.79 Å². The third-order valence-corrected chi connectivity index (χ3v) is 3.28. The number of hydrogen-bond donors (Lipinski definition) is 0. The van der Waals surface area contributed by atoms with E-state index in [1.54, 1.807) is 25.3 Å². The molecule has 0 aliphatic rings. The van der Waals surface area contributed by atoms with E-state index in [2.05, 4.69) is 0 Å². The predicted octanol–water partition coefficient (Wildman–Crippen LogP) is 3.58. The molecule has 124 valence electrons. The zero-order chi connectivity index (χ0) is 15.9. The highest BCUT2D eigenvalue weighted by Gasteiger charge is 2.20. The van der Waals surface area contributed by atoms with E-state index in [-0.39, 0.29) is 24.5 Å². The van der Waals surface area contributed by atoms with Crippen LogP contribution in [0.25, 0.3) is 0 Å². The lowest BCUT2D eigenvalue weighted by Crippen LogP contribution is -2.24. The summed E-state index contributed by atoms with van der Waals surface area (Å²) in [6, 6.07) is 16.8. The van der Waals surface area contributed by atoms with E-state index < -0.39 is 0 Å². The van der Waals surface area contributed by atoms with Crippen molar-refractivity contribution in [1.29, 1.82) is 0 Å². The Labute approximate surface area is 143 Å². The van der Waals surface area contributed by atoms with Crippen LogP contribution in [0.4, 0.5) is 0 Å². The first kappa shape index (κ1) is 19.0. The summed E-state index contributed by atoms with van der Waals surface area (Å²) < 4.78 is 10.9. The van der Waals surface area contributed by atoms with Crippen LogP contribution in [0.2, 0.25) is 0 Å². The number of benzene rings is 2. The van der Waals surface area contributed by atoms with Gasteiger partial charge in [0.05, 0.1) is 7.11 Å². The summed E-state index contributed by atoms with van der Waals surface area (Å²) in [6.07, 6.45) is -0.325. The Kier molecular flexibility index (Phi) is 7.59. The minimum atomic E-state index is -0.381. The molecule has 0 bridgehead atoms. The topological polar surface area (TPSA) is 38.8 Å². The Hall–Kier alpha value is -2.04. The average Bonchev–Trinajstić information content (AvgIpc) is 2.54. The van der Waals surface area contributed by atoms with Crippen molar-refractivity contribution in [3.8, 4) is 5.75 Å². The molecule has 23 heavy (non-hydrogen) atoms. The van der Waals surface area contributed by atoms with Gasteiger partial charge in [-0.2, -0.15) is 0 Å². The van der Waals surface area contributed by atoms with Gasteiger partial charge in [-0.25, -0.2) is 4.79 Å². The summed E-state index contributed by atoms with van der Waals surface area (Å²) in [4.78, 5) is 14.5. The second kappa shape index (κ2) is 9.18. The molecule has 0 aliphatic heterocycles. The molecule has 1 atom stereocenters. The quantitative estimate of drug-likeness (QED) is 0.756. The molecule has 0 spiro atoms. The van der Waals surface area contributed by atoms with Gasteiger partial charge in [0.25, 0.3) is 0 Å². The Balaban J connectivity index is 0.00000264. The maximum absolute atomic E-state index is 12.5. The fourth-order valence-electron chi connectivity index (χ4n) is 2.22. The number of hydrogen-bond acceptors (Lipinski definition) is 4. The molecule has 0 aliphatic carbocycles. The smallest absolute Gasteiger partial charge is 0.342 e. The molecule has 0 N–H and O–H groups in total. The Morgan fingerprint density at radius 2 is 1.65 bits per heavy atom. The van der Waals surface area contributed by atoms with Crippen molar-refractivity contribution in [1.82, 2.24) is 4.90 Å². The van der Waals surface area contributed by atoms with Crippen LogP contribution in [0, 0.1) is 0 Å². The van der Waals surface area contributed by atoms with Crippen LogP contribution < -0.4 is 4.74 Å². The normalized spacial score (nSPS) is 11.5. The van der Waals surface area contributed by atoms with Gasteiger partial charge in [0.2, 0.25) is 0 Å². The third-order valence-electron chi connectivity index (χ3n) is 3.28.